The second kappa shape index (κ2) is 8.57. The second-order valence-corrected chi connectivity index (χ2v) is 7.68. The van der Waals surface area contributed by atoms with Gasteiger partial charge in [0, 0.05) is 16.8 Å². The molecule has 1 unspecified atom stereocenters. The average Bonchev–Trinajstić information content (AvgIpc) is 3.05. The first-order chi connectivity index (χ1) is 13.0. The first kappa shape index (κ1) is 19.4. The topological polar surface area (TPSA) is 90.9 Å². The van der Waals surface area contributed by atoms with E-state index in [1.165, 1.54) is 11.8 Å². The summed E-state index contributed by atoms with van der Waals surface area (Å²) < 4.78 is 2.67. The third-order valence-electron chi connectivity index (χ3n) is 3.96. The number of imidazole rings is 1. The Morgan fingerprint density at radius 2 is 2.11 bits per heavy atom. The summed E-state index contributed by atoms with van der Waals surface area (Å²) in [5.41, 5.74) is 1.48. The number of nitrogens with zero attached hydrogens (tertiary/aromatic N) is 3. The summed E-state index contributed by atoms with van der Waals surface area (Å²) in [5, 5.41) is 23.6. The van der Waals surface area contributed by atoms with Crippen LogP contribution in [-0.4, -0.2) is 39.0 Å². The standard InChI is InChI=1S/C19H17BrN4O2S/c1-12(10-25)23-18(26)11-27-19-22-9-17(20)24(19)16-7-6-13(8-21)14-4-2-3-5-15(14)16/h2-7,9,12,25H,10-11H2,1H3,(H,23,26). The first-order valence-corrected chi connectivity index (χ1v) is 10.0. The molecule has 0 aliphatic rings. The summed E-state index contributed by atoms with van der Waals surface area (Å²) in [6.45, 7) is 1.64. The number of fused-ring (bicyclic) bond motifs is 1. The number of benzene rings is 2. The number of thioether (sulfide) groups is 1. The van der Waals surface area contributed by atoms with Gasteiger partial charge in [0.15, 0.2) is 5.16 Å². The largest absolute Gasteiger partial charge is 0.394 e. The number of nitriles is 1. The van der Waals surface area contributed by atoms with Crippen molar-refractivity contribution in [2.75, 3.05) is 12.4 Å². The molecule has 138 valence electrons. The molecule has 0 aliphatic carbocycles. The highest BCUT2D eigenvalue weighted by Crippen LogP contribution is 2.32. The van der Waals surface area contributed by atoms with Crippen molar-refractivity contribution in [3.8, 4) is 11.8 Å². The van der Waals surface area contributed by atoms with Gasteiger partial charge in [-0.15, -0.1) is 0 Å². The SMILES string of the molecule is CC(CO)NC(=O)CSc1ncc(Br)n1-c1ccc(C#N)c2ccccc12. The molecule has 3 rings (SSSR count). The quantitative estimate of drug-likeness (QED) is 0.569. The zero-order chi connectivity index (χ0) is 19.4. The van der Waals surface area contributed by atoms with Gasteiger partial charge in [-0.05, 0) is 35.0 Å². The molecule has 0 fully saturated rings. The number of aliphatic hydroxyl groups is 1. The molecule has 1 aromatic heterocycles. The Morgan fingerprint density at radius 3 is 2.81 bits per heavy atom. The van der Waals surface area contributed by atoms with Crippen molar-refractivity contribution < 1.29 is 9.90 Å². The molecule has 0 aliphatic heterocycles. The van der Waals surface area contributed by atoms with Crippen molar-refractivity contribution in [3.05, 3.63) is 52.8 Å². The number of hydrogen-bond donors (Lipinski definition) is 2. The van der Waals surface area contributed by atoms with Crippen molar-refractivity contribution in [2.45, 2.75) is 18.1 Å². The van der Waals surface area contributed by atoms with E-state index in [2.05, 4.69) is 32.3 Å². The van der Waals surface area contributed by atoms with Crippen LogP contribution in [0, 0.1) is 11.3 Å². The third-order valence-corrected chi connectivity index (χ3v) is 5.47. The normalized spacial score (nSPS) is 11.9. The van der Waals surface area contributed by atoms with Gasteiger partial charge < -0.3 is 10.4 Å². The lowest BCUT2D eigenvalue weighted by atomic mass is 10.0. The number of halogens is 1. The number of carbonyl (C=O) groups excluding carboxylic acids is 1. The monoisotopic (exact) mass is 444 g/mol. The van der Waals surface area contributed by atoms with Gasteiger partial charge in [-0.25, -0.2) is 4.98 Å². The van der Waals surface area contributed by atoms with Crippen LogP contribution in [0.4, 0.5) is 0 Å². The molecular formula is C19H17BrN4O2S. The van der Waals surface area contributed by atoms with E-state index in [1.807, 2.05) is 34.9 Å². The molecule has 27 heavy (non-hydrogen) atoms. The van der Waals surface area contributed by atoms with Crippen LogP contribution in [0.5, 0.6) is 0 Å². The van der Waals surface area contributed by atoms with Gasteiger partial charge in [0.25, 0.3) is 0 Å². The number of aliphatic hydroxyl groups excluding tert-OH is 1. The number of amides is 1. The molecule has 2 aromatic carbocycles. The fourth-order valence-corrected chi connectivity index (χ4v) is 4.08. The summed E-state index contributed by atoms with van der Waals surface area (Å²) in [6, 6.07) is 13.3. The van der Waals surface area contributed by atoms with E-state index >= 15 is 0 Å². The van der Waals surface area contributed by atoms with Gasteiger partial charge in [0.1, 0.15) is 4.60 Å². The molecule has 6 nitrogen and oxygen atoms in total. The Balaban J connectivity index is 1.95. The van der Waals surface area contributed by atoms with E-state index in [1.54, 1.807) is 19.2 Å². The Labute approximate surface area is 169 Å². The van der Waals surface area contributed by atoms with Gasteiger partial charge >= 0.3 is 0 Å². The van der Waals surface area contributed by atoms with E-state index < -0.39 is 0 Å². The van der Waals surface area contributed by atoms with Crippen LogP contribution in [0.3, 0.4) is 0 Å². The van der Waals surface area contributed by atoms with Crippen molar-refractivity contribution in [1.82, 2.24) is 14.9 Å². The van der Waals surface area contributed by atoms with Crippen LogP contribution >= 0.6 is 27.7 Å². The lowest BCUT2D eigenvalue weighted by molar-refractivity contribution is -0.119. The highest BCUT2D eigenvalue weighted by molar-refractivity contribution is 9.10. The minimum atomic E-state index is -0.285. The summed E-state index contributed by atoms with van der Waals surface area (Å²) in [6.07, 6.45) is 1.68. The summed E-state index contributed by atoms with van der Waals surface area (Å²) in [7, 11) is 0. The van der Waals surface area contributed by atoms with E-state index in [9.17, 15) is 10.1 Å². The van der Waals surface area contributed by atoms with Gasteiger partial charge in [0.05, 0.1) is 35.9 Å². The Bertz CT molecular complexity index is 1030. The molecule has 8 heteroatoms. The van der Waals surface area contributed by atoms with E-state index in [4.69, 9.17) is 5.11 Å². The van der Waals surface area contributed by atoms with E-state index in [0.29, 0.717) is 10.7 Å². The summed E-state index contributed by atoms with van der Waals surface area (Å²) >= 11 is 4.83. The fraction of sp³-hybridized carbons (Fsp3) is 0.211. The predicted octanol–water partition coefficient (Wildman–Crippen LogP) is 3.25. The molecule has 1 amide bonds. The number of hydrogen-bond acceptors (Lipinski definition) is 5. The van der Waals surface area contributed by atoms with Crippen LogP contribution in [0.1, 0.15) is 12.5 Å². The Morgan fingerprint density at radius 1 is 1.37 bits per heavy atom. The molecule has 1 atom stereocenters. The lowest BCUT2D eigenvalue weighted by Gasteiger charge is -2.14. The minimum Gasteiger partial charge on any atom is -0.394 e. The first-order valence-electron chi connectivity index (χ1n) is 8.23. The predicted molar refractivity (Wildman–Crippen MR) is 109 cm³/mol. The Kier molecular flexibility index (Phi) is 6.16. The van der Waals surface area contributed by atoms with Crippen molar-refractivity contribution in [1.29, 1.82) is 5.26 Å². The van der Waals surface area contributed by atoms with E-state index in [0.717, 1.165) is 21.1 Å². The maximum absolute atomic E-state index is 12.0. The van der Waals surface area contributed by atoms with Gasteiger partial charge in [-0.3, -0.25) is 9.36 Å². The maximum atomic E-state index is 12.0. The van der Waals surface area contributed by atoms with Crippen molar-refractivity contribution in [2.24, 2.45) is 0 Å². The number of nitrogens with one attached hydrogen (secondary N) is 1. The van der Waals surface area contributed by atoms with Gasteiger partial charge in [-0.1, -0.05) is 36.0 Å². The van der Waals surface area contributed by atoms with Crippen LogP contribution in [0.15, 0.2) is 52.4 Å². The van der Waals surface area contributed by atoms with Crippen molar-refractivity contribution >= 4 is 44.4 Å². The molecular weight excluding hydrogens is 428 g/mol. The Hall–Kier alpha value is -2.34. The molecule has 1 heterocycles. The zero-order valence-corrected chi connectivity index (χ0v) is 16.9. The van der Waals surface area contributed by atoms with Crippen LogP contribution < -0.4 is 5.32 Å². The minimum absolute atomic E-state index is 0.103. The second-order valence-electron chi connectivity index (χ2n) is 5.93. The molecule has 2 N–H and O–H groups in total. The van der Waals surface area contributed by atoms with Crippen LogP contribution in [0.25, 0.3) is 16.5 Å². The maximum Gasteiger partial charge on any atom is 0.230 e. The van der Waals surface area contributed by atoms with Crippen molar-refractivity contribution in [3.63, 3.8) is 0 Å². The summed E-state index contributed by atoms with van der Waals surface area (Å²) in [4.78, 5) is 16.4. The highest BCUT2D eigenvalue weighted by Gasteiger charge is 2.16. The van der Waals surface area contributed by atoms with E-state index in [-0.39, 0.29) is 24.3 Å². The van der Waals surface area contributed by atoms with Crippen LogP contribution in [0.2, 0.25) is 0 Å². The third kappa shape index (κ3) is 4.16. The molecule has 0 radical (unpaired) electrons. The average molecular weight is 445 g/mol. The number of rotatable bonds is 6. The fourth-order valence-electron chi connectivity index (χ4n) is 2.70. The van der Waals surface area contributed by atoms with Gasteiger partial charge in [0.2, 0.25) is 5.91 Å². The van der Waals surface area contributed by atoms with Gasteiger partial charge in [-0.2, -0.15) is 5.26 Å². The molecule has 0 bridgehead atoms. The smallest absolute Gasteiger partial charge is 0.230 e. The molecule has 0 saturated heterocycles. The molecule has 3 aromatic rings. The lowest BCUT2D eigenvalue weighted by Crippen LogP contribution is -2.36. The molecule has 0 spiro atoms. The zero-order valence-electron chi connectivity index (χ0n) is 14.5. The number of carbonyl (C=O) groups is 1. The summed E-state index contributed by atoms with van der Waals surface area (Å²) in [5.74, 6) is 0.0130. The number of aromatic nitrogens is 2. The van der Waals surface area contributed by atoms with Crippen LogP contribution in [-0.2, 0) is 4.79 Å². The molecule has 0 saturated carbocycles. The highest BCUT2D eigenvalue weighted by atomic mass is 79.9.